The molecule has 0 spiro atoms. The quantitative estimate of drug-likeness (QED) is 0.592. The Balaban J connectivity index is 0.000000500. The molecular weight excluding hydrogens is 130 g/mol. The topological polar surface area (TPSA) is 12.0 Å². The van der Waals surface area contributed by atoms with Gasteiger partial charge in [0.1, 0.15) is 0 Å². The van der Waals surface area contributed by atoms with Crippen LogP contribution in [0.25, 0.3) is 0 Å². The van der Waals surface area contributed by atoms with E-state index in [1.807, 2.05) is 11.8 Å². The highest BCUT2D eigenvalue weighted by Gasteiger charge is 2.06. The minimum absolute atomic E-state index is 0. The minimum atomic E-state index is 0. The van der Waals surface area contributed by atoms with Gasteiger partial charge in [-0.1, -0.05) is 12.1 Å². The van der Waals surface area contributed by atoms with E-state index in [9.17, 15) is 0 Å². The fraction of sp³-hybridized carbons (Fsp3) is 0.143. The monoisotopic (exact) mass is 139 g/mol. The average Bonchev–Trinajstić information content (AvgIpc) is 2.33. The maximum Gasteiger partial charge on any atom is 0.0658 e. The van der Waals surface area contributed by atoms with Crippen molar-refractivity contribution in [1.82, 2.24) is 0 Å². The molecule has 0 unspecified atom stereocenters. The summed E-state index contributed by atoms with van der Waals surface area (Å²) in [5.74, 6) is 1.03. The van der Waals surface area contributed by atoms with Gasteiger partial charge < -0.3 is 5.32 Å². The van der Waals surface area contributed by atoms with Gasteiger partial charge in [0, 0.05) is 12.0 Å². The smallest absolute Gasteiger partial charge is 0.0658 e. The summed E-state index contributed by atoms with van der Waals surface area (Å²) in [5.41, 5.74) is 1.28. The summed E-state index contributed by atoms with van der Waals surface area (Å²) in [6.07, 6.45) is 0. The van der Waals surface area contributed by atoms with Crippen LogP contribution in [-0.4, -0.2) is 5.88 Å². The van der Waals surface area contributed by atoms with Crippen LogP contribution in [0.2, 0.25) is 0 Å². The molecule has 1 aromatic rings. The van der Waals surface area contributed by atoms with Crippen LogP contribution in [0.3, 0.4) is 0 Å². The van der Waals surface area contributed by atoms with Crippen LogP contribution in [0.5, 0.6) is 0 Å². The summed E-state index contributed by atoms with van der Waals surface area (Å²) in [7, 11) is 0. The van der Waals surface area contributed by atoms with Gasteiger partial charge in [-0.25, -0.2) is 0 Å². The van der Waals surface area contributed by atoms with Gasteiger partial charge >= 0.3 is 0 Å². The van der Waals surface area contributed by atoms with Gasteiger partial charge in [-0.05, 0) is 12.1 Å². The molecule has 0 fully saturated rings. The Morgan fingerprint density at radius 2 is 2.33 bits per heavy atom. The molecule has 0 amide bonds. The van der Waals surface area contributed by atoms with E-state index in [4.69, 9.17) is 0 Å². The van der Waals surface area contributed by atoms with Gasteiger partial charge in [-0.3, -0.25) is 0 Å². The van der Waals surface area contributed by atoms with Crippen molar-refractivity contribution in [1.29, 1.82) is 0 Å². The molecular formula is C7H9NS. The first-order chi connectivity index (χ1) is 4.47. The molecule has 0 saturated heterocycles. The fourth-order valence-electron chi connectivity index (χ4n) is 0.930. The second kappa shape index (κ2) is 1.95. The Bertz CT molecular complexity index is 204. The summed E-state index contributed by atoms with van der Waals surface area (Å²) in [6.45, 7) is 0. The molecule has 0 saturated carbocycles. The van der Waals surface area contributed by atoms with E-state index in [0.717, 1.165) is 5.88 Å². The molecule has 0 aromatic heterocycles. The van der Waals surface area contributed by atoms with E-state index in [2.05, 4.69) is 29.6 Å². The molecule has 1 N–H and O–H groups in total. The lowest BCUT2D eigenvalue weighted by Crippen LogP contribution is -1.86. The number of anilines is 1. The average molecular weight is 139 g/mol. The third-order valence-corrected chi connectivity index (χ3v) is 2.33. The SMILES string of the molecule is [HH].c1ccc2c(c1)NCS2. The van der Waals surface area contributed by atoms with Crippen molar-refractivity contribution in [2.24, 2.45) is 0 Å². The Labute approximate surface area is 59.9 Å². The van der Waals surface area contributed by atoms with Gasteiger partial charge in [0.05, 0.1) is 5.88 Å². The van der Waals surface area contributed by atoms with E-state index >= 15 is 0 Å². The largest absolute Gasteiger partial charge is 0.375 e. The summed E-state index contributed by atoms with van der Waals surface area (Å²) in [4.78, 5) is 1.37. The predicted molar refractivity (Wildman–Crippen MR) is 42.9 cm³/mol. The summed E-state index contributed by atoms with van der Waals surface area (Å²) < 4.78 is 0. The number of benzene rings is 1. The molecule has 0 bridgehead atoms. The number of thioether (sulfide) groups is 1. The summed E-state index contributed by atoms with van der Waals surface area (Å²) in [6, 6.07) is 8.37. The Morgan fingerprint density at radius 3 is 3.22 bits per heavy atom. The normalized spacial score (nSPS) is 14.7. The first-order valence-corrected chi connectivity index (χ1v) is 3.91. The number of nitrogens with one attached hydrogen (secondary N) is 1. The fourth-order valence-corrected chi connectivity index (χ4v) is 1.78. The molecule has 0 aliphatic carbocycles. The van der Waals surface area contributed by atoms with Crippen LogP contribution in [-0.2, 0) is 0 Å². The third-order valence-electron chi connectivity index (χ3n) is 1.38. The first-order valence-electron chi connectivity index (χ1n) is 2.92. The maximum absolute atomic E-state index is 3.26. The van der Waals surface area contributed by atoms with E-state index in [-0.39, 0.29) is 1.43 Å². The van der Waals surface area contributed by atoms with Crippen LogP contribution in [0.15, 0.2) is 29.2 Å². The van der Waals surface area contributed by atoms with E-state index in [1.165, 1.54) is 10.6 Å². The lowest BCUT2D eigenvalue weighted by Gasteiger charge is -1.92. The molecule has 1 aliphatic rings. The van der Waals surface area contributed by atoms with Gasteiger partial charge in [0.15, 0.2) is 0 Å². The zero-order chi connectivity index (χ0) is 6.10. The second-order valence-electron chi connectivity index (χ2n) is 1.96. The molecule has 0 radical (unpaired) electrons. The molecule has 1 heterocycles. The highest BCUT2D eigenvalue weighted by atomic mass is 32.2. The zero-order valence-corrected chi connectivity index (χ0v) is 5.74. The van der Waals surface area contributed by atoms with E-state index < -0.39 is 0 Å². The van der Waals surface area contributed by atoms with Crippen molar-refractivity contribution in [2.45, 2.75) is 4.90 Å². The van der Waals surface area contributed by atoms with Crippen molar-refractivity contribution in [3.63, 3.8) is 0 Å². The van der Waals surface area contributed by atoms with E-state index in [0.29, 0.717) is 0 Å². The van der Waals surface area contributed by atoms with Crippen LogP contribution >= 0.6 is 11.8 Å². The number of hydrogen-bond acceptors (Lipinski definition) is 2. The van der Waals surface area contributed by atoms with Crippen LogP contribution in [0, 0.1) is 0 Å². The lowest BCUT2D eigenvalue weighted by atomic mass is 10.3. The molecule has 1 aromatic carbocycles. The first kappa shape index (κ1) is 5.18. The summed E-state index contributed by atoms with van der Waals surface area (Å²) >= 11 is 1.86. The molecule has 2 rings (SSSR count). The molecule has 9 heavy (non-hydrogen) atoms. The Kier molecular flexibility index (Phi) is 1.12. The predicted octanol–water partition coefficient (Wildman–Crippen LogP) is 2.41. The van der Waals surface area contributed by atoms with Gasteiger partial charge in [-0.2, -0.15) is 0 Å². The molecule has 0 atom stereocenters. The molecule has 1 nitrogen and oxygen atoms in total. The second-order valence-corrected chi connectivity index (χ2v) is 2.98. The van der Waals surface area contributed by atoms with Crippen LogP contribution in [0.1, 0.15) is 1.43 Å². The Hall–Kier alpha value is -0.630. The highest BCUT2D eigenvalue weighted by molar-refractivity contribution is 7.99. The minimum Gasteiger partial charge on any atom is -0.375 e. The number of para-hydroxylation sites is 1. The lowest BCUT2D eigenvalue weighted by molar-refractivity contribution is 1.43. The van der Waals surface area contributed by atoms with Crippen LogP contribution < -0.4 is 5.32 Å². The van der Waals surface area contributed by atoms with Gasteiger partial charge in [-0.15, -0.1) is 11.8 Å². The number of hydrogen-bond donors (Lipinski definition) is 1. The van der Waals surface area contributed by atoms with Crippen molar-refractivity contribution < 1.29 is 1.43 Å². The van der Waals surface area contributed by atoms with E-state index in [1.54, 1.807) is 0 Å². The number of rotatable bonds is 0. The van der Waals surface area contributed by atoms with Crippen molar-refractivity contribution in [3.05, 3.63) is 24.3 Å². The number of fused-ring (bicyclic) bond motifs is 1. The maximum atomic E-state index is 3.26. The summed E-state index contributed by atoms with van der Waals surface area (Å²) in [5, 5.41) is 3.26. The standard InChI is InChI=1S/C7H7NS.H2/c1-2-4-7-6(3-1)8-5-9-7;/h1-4,8H,5H2;1H. The van der Waals surface area contributed by atoms with Crippen LogP contribution in [0.4, 0.5) is 5.69 Å². The highest BCUT2D eigenvalue weighted by Crippen LogP contribution is 2.32. The third kappa shape index (κ3) is 0.793. The van der Waals surface area contributed by atoms with Crippen molar-refractivity contribution in [2.75, 3.05) is 11.2 Å². The Morgan fingerprint density at radius 1 is 1.44 bits per heavy atom. The van der Waals surface area contributed by atoms with Crippen molar-refractivity contribution in [3.8, 4) is 0 Å². The zero-order valence-electron chi connectivity index (χ0n) is 4.92. The van der Waals surface area contributed by atoms with Crippen molar-refractivity contribution >= 4 is 17.4 Å². The molecule has 48 valence electrons. The van der Waals surface area contributed by atoms with Gasteiger partial charge in [0.2, 0.25) is 0 Å². The molecule has 2 heteroatoms. The molecule has 1 aliphatic heterocycles. The van der Waals surface area contributed by atoms with Gasteiger partial charge in [0.25, 0.3) is 0 Å².